The van der Waals surface area contributed by atoms with Gasteiger partial charge in [-0.2, -0.15) is 0 Å². The SMILES string of the molecule is Cc1cc(C)cc(NC(=O)C23CCC(C)(c4nc5ccc([N+](=O)[O-])cc5nc42)C3(C)C)c1. The van der Waals surface area contributed by atoms with Crippen LogP contribution in [0.25, 0.3) is 11.0 Å². The predicted molar refractivity (Wildman–Crippen MR) is 123 cm³/mol. The summed E-state index contributed by atoms with van der Waals surface area (Å²) in [4.78, 5) is 34.6. The fraction of sp³-hybridized carbons (Fsp3) is 0.400. The number of nitro groups is 1. The topological polar surface area (TPSA) is 98.0 Å². The Morgan fingerprint density at radius 3 is 2.28 bits per heavy atom. The van der Waals surface area contributed by atoms with Crippen molar-refractivity contribution in [1.29, 1.82) is 0 Å². The molecule has 1 N–H and O–H groups in total. The van der Waals surface area contributed by atoms with E-state index < -0.39 is 15.8 Å². The average Bonchev–Trinajstić information content (AvgIpc) is 3.00. The average molecular weight is 431 g/mol. The summed E-state index contributed by atoms with van der Waals surface area (Å²) in [6, 6.07) is 10.5. The number of aromatic nitrogens is 2. The van der Waals surface area contributed by atoms with E-state index in [4.69, 9.17) is 9.97 Å². The van der Waals surface area contributed by atoms with Crippen molar-refractivity contribution in [3.05, 3.63) is 69.0 Å². The van der Waals surface area contributed by atoms with Crippen LogP contribution >= 0.6 is 0 Å². The van der Waals surface area contributed by atoms with E-state index in [0.29, 0.717) is 23.1 Å². The number of benzene rings is 2. The molecule has 7 nitrogen and oxygen atoms in total. The Labute approximate surface area is 186 Å². The van der Waals surface area contributed by atoms with E-state index in [0.717, 1.165) is 28.9 Å². The molecule has 1 aromatic heterocycles. The van der Waals surface area contributed by atoms with E-state index in [2.05, 4.69) is 32.2 Å². The van der Waals surface area contributed by atoms with Crippen molar-refractivity contribution >= 4 is 28.3 Å². The minimum atomic E-state index is -0.861. The Bertz CT molecular complexity index is 1310. The maximum atomic E-state index is 14.0. The van der Waals surface area contributed by atoms with Crippen LogP contribution in [-0.2, 0) is 15.6 Å². The summed E-state index contributed by atoms with van der Waals surface area (Å²) in [6.45, 7) is 10.4. The normalized spacial score (nSPS) is 25.0. The van der Waals surface area contributed by atoms with Gasteiger partial charge in [0.2, 0.25) is 5.91 Å². The van der Waals surface area contributed by atoms with Crippen LogP contribution in [-0.4, -0.2) is 20.8 Å². The van der Waals surface area contributed by atoms with Crippen LogP contribution in [0.3, 0.4) is 0 Å². The number of nitrogens with one attached hydrogen (secondary N) is 1. The Kier molecular flexibility index (Phi) is 4.07. The Hall–Kier alpha value is -3.35. The largest absolute Gasteiger partial charge is 0.325 e. The molecule has 5 rings (SSSR count). The summed E-state index contributed by atoms with van der Waals surface area (Å²) < 4.78 is 0. The number of amides is 1. The molecule has 164 valence electrons. The van der Waals surface area contributed by atoms with Crippen LogP contribution in [0.15, 0.2) is 36.4 Å². The van der Waals surface area contributed by atoms with Gasteiger partial charge in [0.15, 0.2) is 0 Å². The molecule has 2 aliphatic rings. The first kappa shape index (κ1) is 20.5. The van der Waals surface area contributed by atoms with Gasteiger partial charge in [0.05, 0.1) is 32.8 Å². The quantitative estimate of drug-likeness (QED) is 0.459. The number of non-ortho nitro benzene ring substituents is 1. The number of aryl methyl sites for hydroxylation is 2. The lowest BCUT2D eigenvalue weighted by molar-refractivity contribution is -0.384. The van der Waals surface area contributed by atoms with Gasteiger partial charge in [-0.25, -0.2) is 9.97 Å². The van der Waals surface area contributed by atoms with Gasteiger partial charge < -0.3 is 5.32 Å². The lowest BCUT2D eigenvalue weighted by Gasteiger charge is -2.39. The molecular formula is C25H26N4O3. The van der Waals surface area contributed by atoms with Crippen LogP contribution in [0.1, 0.15) is 56.1 Å². The zero-order valence-electron chi connectivity index (χ0n) is 18.9. The maximum Gasteiger partial charge on any atom is 0.271 e. The van der Waals surface area contributed by atoms with Crippen molar-refractivity contribution in [3.8, 4) is 0 Å². The van der Waals surface area contributed by atoms with Gasteiger partial charge in [-0.15, -0.1) is 0 Å². The Morgan fingerprint density at radius 1 is 0.969 bits per heavy atom. The lowest BCUT2D eigenvalue weighted by Crippen LogP contribution is -2.48. The van der Waals surface area contributed by atoms with Gasteiger partial charge >= 0.3 is 0 Å². The monoisotopic (exact) mass is 430 g/mol. The van der Waals surface area contributed by atoms with Gasteiger partial charge in [0.1, 0.15) is 0 Å². The highest BCUT2D eigenvalue weighted by molar-refractivity contribution is 6.02. The Balaban J connectivity index is 1.70. The number of anilines is 1. The molecule has 3 aromatic rings. The number of hydrogen-bond donors (Lipinski definition) is 1. The molecule has 2 atom stereocenters. The number of nitrogens with zero attached hydrogens (tertiary/aromatic N) is 3. The summed E-state index contributed by atoms with van der Waals surface area (Å²) in [5.41, 5.74) is 3.86. The summed E-state index contributed by atoms with van der Waals surface area (Å²) in [6.07, 6.45) is 1.50. The van der Waals surface area contributed by atoms with Crippen molar-refractivity contribution in [2.45, 2.75) is 58.3 Å². The fourth-order valence-corrected chi connectivity index (χ4v) is 5.99. The third-order valence-corrected chi connectivity index (χ3v) is 8.10. The third kappa shape index (κ3) is 2.45. The molecule has 0 radical (unpaired) electrons. The number of carbonyl (C=O) groups is 1. The Morgan fingerprint density at radius 2 is 1.62 bits per heavy atom. The van der Waals surface area contributed by atoms with Crippen molar-refractivity contribution < 1.29 is 9.72 Å². The molecule has 2 unspecified atom stereocenters. The minimum Gasteiger partial charge on any atom is -0.325 e. The highest BCUT2D eigenvalue weighted by atomic mass is 16.6. The van der Waals surface area contributed by atoms with Crippen molar-refractivity contribution in [1.82, 2.24) is 9.97 Å². The molecule has 1 heterocycles. The van der Waals surface area contributed by atoms with E-state index >= 15 is 0 Å². The zero-order valence-corrected chi connectivity index (χ0v) is 18.9. The standard InChI is InChI=1S/C25H26N4O3/c1-14-10-15(2)12-16(11-14)26-22(30)25-9-8-24(5,23(25,3)4)20-21(25)28-19-13-17(29(31)32)6-7-18(19)27-20/h6-7,10-13H,8-9H2,1-5H3,(H,26,30). The molecule has 0 spiro atoms. The van der Waals surface area contributed by atoms with E-state index in [1.807, 2.05) is 26.0 Å². The molecule has 1 fully saturated rings. The van der Waals surface area contributed by atoms with Crippen LogP contribution < -0.4 is 5.32 Å². The molecule has 1 amide bonds. The van der Waals surface area contributed by atoms with Crippen LogP contribution in [0.2, 0.25) is 0 Å². The smallest absolute Gasteiger partial charge is 0.271 e. The minimum absolute atomic E-state index is 0.0332. The second-order valence-electron chi connectivity index (χ2n) is 10.0. The first-order chi connectivity index (χ1) is 15.0. The second-order valence-corrected chi connectivity index (χ2v) is 10.0. The number of fused-ring (bicyclic) bond motifs is 6. The molecule has 2 aromatic carbocycles. The number of carbonyl (C=O) groups excluding carboxylic acids is 1. The molecule has 32 heavy (non-hydrogen) atoms. The second kappa shape index (κ2) is 6.34. The first-order valence-electron chi connectivity index (χ1n) is 10.9. The highest BCUT2D eigenvalue weighted by Gasteiger charge is 2.73. The van der Waals surface area contributed by atoms with Crippen molar-refractivity contribution in [2.75, 3.05) is 5.32 Å². The number of rotatable bonds is 3. The lowest BCUT2D eigenvalue weighted by atomic mass is 9.63. The van der Waals surface area contributed by atoms with Crippen molar-refractivity contribution in [3.63, 3.8) is 0 Å². The molecule has 2 aliphatic carbocycles. The summed E-state index contributed by atoms with van der Waals surface area (Å²) >= 11 is 0. The summed E-state index contributed by atoms with van der Waals surface area (Å²) in [5.74, 6) is -0.0888. The van der Waals surface area contributed by atoms with Gasteiger partial charge in [0, 0.05) is 23.2 Å². The molecular weight excluding hydrogens is 404 g/mol. The van der Waals surface area contributed by atoms with Crippen molar-refractivity contribution in [2.24, 2.45) is 5.41 Å². The summed E-state index contributed by atoms with van der Waals surface area (Å²) in [5, 5.41) is 14.4. The van der Waals surface area contributed by atoms with Gasteiger partial charge in [0.25, 0.3) is 5.69 Å². The van der Waals surface area contributed by atoms with E-state index in [1.165, 1.54) is 12.1 Å². The number of hydrogen-bond acceptors (Lipinski definition) is 5. The van der Waals surface area contributed by atoms with Gasteiger partial charge in [-0.05, 0) is 61.4 Å². The summed E-state index contributed by atoms with van der Waals surface area (Å²) in [7, 11) is 0. The third-order valence-electron chi connectivity index (χ3n) is 8.10. The zero-order chi connectivity index (χ0) is 23.1. The first-order valence-corrected chi connectivity index (χ1v) is 10.9. The molecule has 7 heteroatoms. The maximum absolute atomic E-state index is 14.0. The molecule has 0 saturated heterocycles. The number of nitro benzene ring substituents is 1. The van der Waals surface area contributed by atoms with Gasteiger partial charge in [-0.1, -0.05) is 26.8 Å². The van der Waals surface area contributed by atoms with E-state index in [9.17, 15) is 14.9 Å². The van der Waals surface area contributed by atoms with Gasteiger partial charge in [-0.3, -0.25) is 14.9 Å². The van der Waals surface area contributed by atoms with E-state index in [-0.39, 0.29) is 17.0 Å². The van der Waals surface area contributed by atoms with E-state index in [1.54, 1.807) is 6.07 Å². The fourth-order valence-electron chi connectivity index (χ4n) is 5.99. The molecule has 0 aliphatic heterocycles. The van der Waals surface area contributed by atoms with Crippen LogP contribution in [0.5, 0.6) is 0 Å². The molecule has 1 saturated carbocycles. The van der Waals surface area contributed by atoms with Crippen LogP contribution in [0, 0.1) is 29.4 Å². The highest BCUT2D eigenvalue weighted by Crippen LogP contribution is 2.70. The molecule has 2 bridgehead atoms. The van der Waals surface area contributed by atoms with Crippen LogP contribution in [0.4, 0.5) is 11.4 Å². The predicted octanol–water partition coefficient (Wildman–Crippen LogP) is 5.12.